The molecular formula is C23H28N5O3+. The fraction of sp³-hybridized carbons (Fsp3) is 0.348. The summed E-state index contributed by atoms with van der Waals surface area (Å²) in [4.78, 5) is 29.5. The highest BCUT2D eigenvalue weighted by Gasteiger charge is 2.25. The average molecular weight is 423 g/mol. The number of morpholine rings is 1. The molecule has 0 atom stereocenters. The first-order valence-corrected chi connectivity index (χ1v) is 10.5. The molecule has 1 aromatic carbocycles. The number of benzene rings is 1. The second-order valence-corrected chi connectivity index (χ2v) is 8.25. The summed E-state index contributed by atoms with van der Waals surface area (Å²) >= 11 is 0. The van der Waals surface area contributed by atoms with Gasteiger partial charge < -0.3 is 24.4 Å². The third kappa shape index (κ3) is 4.92. The number of amides is 2. The van der Waals surface area contributed by atoms with Crippen molar-refractivity contribution in [1.82, 2.24) is 14.9 Å². The number of fused-ring (bicyclic) bond motifs is 1. The van der Waals surface area contributed by atoms with E-state index in [0.717, 1.165) is 48.1 Å². The van der Waals surface area contributed by atoms with Crippen LogP contribution in [0, 0.1) is 0 Å². The lowest BCUT2D eigenvalue weighted by Gasteiger charge is -2.37. The van der Waals surface area contributed by atoms with E-state index in [1.54, 1.807) is 36.1 Å². The van der Waals surface area contributed by atoms with Crippen LogP contribution in [-0.2, 0) is 11.8 Å². The highest BCUT2D eigenvalue weighted by atomic mass is 16.5. The van der Waals surface area contributed by atoms with Crippen LogP contribution in [0.1, 0.15) is 21.0 Å². The molecular weight excluding hydrogens is 394 g/mol. The van der Waals surface area contributed by atoms with Gasteiger partial charge in [0.05, 0.1) is 39.0 Å². The number of ether oxygens (including phenoxy) is 1. The number of hydrogen-bond acceptors (Lipinski definition) is 4. The lowest BCUT2D eigenvalue weighted by atomic mass is 10.1. The number of carbonyl (C=O) groups excluding carboxylic acids is 2. The van der Waals surface area contributed by atoms with E-state index < -0.39 is 0 Å². The summed E-state index contributed by atoms with van der Waals surface area (Å²) in [5.74, 6) is -0.472. The van der Waals surface area contributed by atoms with Gasteiger partial charge in [0.1, 0.15) is 24.5 Å². The minimum Gasteiger partial charge on any atom is -0.370 e. The minimum absolute atomic E-state index is 0.160. The van der Waals surface area contributed by atoms with Gasteiger partial charge in [-0.25, -0.2) is 0 Å². The monoisotopic (exact) mass is 422 g/mol. The van der Waals surface area contributed by atoms with Crippen LogP contribution in [0.5, 0.6) is 0 Å². The molecule has 4 rings (SSSR count). The van der Waals surface area contributed by atoms with Crippen molar-refractivity contribution in [2.45, 2.75) is 0 Å². The molecule has 2 amide bonds. The zero-order valence-electron chi connectivity index (χ0n) is 17.9. The van der Waals surface area contributed by atoms with Crippen molar-refractivity contribution >= 4 is 28.3 Å². The number of aromatic nitrogens is 2. The van der Waals surface area contributed by atoms with E-state index in [4.69, 9.17) is 4.74 Å². The molecule has 8 nitrogen and oxygen atoms in total. The number of hydrogen-bond donors (Lipinski definition) is 2. The van der Waals surface area contributed by atoms with E-state index >= 15 is 0 Å². The van der Waals surface area contributed by atoms with Crippen molar-refractivity contribution in [3.05, 3.63) is 60.2 Å². The smallest absolute Gasteiger partial charge is 0.274 e. The molecule has 162 valence electrons. The van der Waals surface area contributed by atoms with Crippen LogP contribution >= 0.6 is 0 Å². The van der Waals surface area contributed by atoms with Crippen molar-refractivity contribution in [2.75, 3.05) is 51.8 Å². The Bertz CT molecular complexity index is 1100. The Labute approximate surface area is 181 Å². The van der Waals surface area contributed by atoms with Crippen LogP contribution in [0.2, 0.25) is 0 Å². The minimum atomic E-state index is -0.312. The maximum atomic E-state index is 12.6. The highest BCUT2D eigenvalue weighted by molar-refractivity contribution is 6.05. The van der Waals surface area contributed by atoms with Crippen LogP contribution in [0.3, 0.4) is 0 Å². The van der Waals surface area contributed by atoms with Crippen LogP contribution in [0.25, 0.3) is 10.8 Å². The first-order chi connectivity index (χ1) is 14.9. The summed E-state index contributed by atoms with van der Waals surface area (Å²) in [6, 6.07) is 11.2. The number of anilines is 1. The normalized spacial score (nSPS) is 15.5. The maximum absolute atomic E-state index is 12.6. The molecule has 0 radical (unpaired) electrons. The largest absolute Gasteiger partial charge is 0.370 e. The second-order valence-electron chi connectivity index (χ2n) is 8.25. The third-order valence-corrected chi connectivity index (χ3v) is 5.85. The lowest BCUT2D eigenvalue weighted by Crippen LogP contribution is -2.54. The van der Waals surface area contributed by atoms with Crippen molar-refractivity contribution in [2.24, 2.45) is 7.05 Å². The van der Waals surface area contributed by atoms with E-state index in [9.17, 15) is 9.59 Å². The van der Waals surface area contributed by atoms with Gasteiger partial charge in [-0.3, -0.25) is 14.6 Å². The van der Waals surface area contributed by atoms with E-state index in [0.29, 0.717) is 23.6 Å². The summed E-state index contributed by atoms with van der Waals surface area (Å²) < 4.78 is 8.03. The van der Waals surface area contributed by atoms with Gasteiger partial charge in [0.2, 0.25) is 0 Å². The van der Waals surface area contributed by atoms with Crippen LogP contribution in [0.4, 0.5) is 5.69 Å². The molecule has 0 bridgehead atoms. The molecule has 1 aliphatic rings. The number of aryl methyl sites for hydroxylation is 1. The molecule has 0 unspecified atom stereocenters. The third-order valence-electron chi connectivity index (χ3n) is 5.85. The SMILES string of the molecule is Cn1cc(NC(=O)c2cc3ccccc3cn2)cc1C(=O)NCC[N+]1(C)CCOCC1. The molecule has 2 aromatic heterocycles. The van der Waals surface area contributed by atoms with Crippen LogP contribution in [0.15, 0.2) is 48.8 Å². The molecule has 0 aliphatic carbocycles. The quantitative estimate of drug-likeness (QED) is 0.596. The van der Waals surface area contributed by atoms with Gasteiger partial charge in [-0.2, -0.15) is 0 Å². The zero-order valence-corrected chi connectivity index (χ0v) is 17.9. The molecule has 0 spiro atoms. The van der Waals surface area contributed by atoms with Gasteiger partial charge in [0.25, 0.3) is 11.8 Å². The summed E-state index contributed by atoms with van der Waals surface area (Å²) in [6.45, 7) is 4.88. The number of pyridine rings is 1. The van der Waals surface area contributed by atoms with E-state index in [-0.39, 0.29) is 11.8 Å². The van der Waals surface area contributed by atoms with Crippen molar-refractivity contribution in [1.29, 1.82) is 0 Å². The van der Waals surface area contributed by atoms with Gasteiger partial charge in [0, 0.05) is 24.8 Å². The van der Waals surface area contributed by atoms with E-state index in [2.05, 4.69) is 22.7 Å². The summed E-state index contributed by atoms with van der Waals surface area (Å²) in [6.07, 6.45) is 3.41. The second kappa shape index (κ2) is 8.87. The Morgan fingerprint density at radius 2 is 1.87 bits per heavy atom. The van der Waals surface area contributed by atoms with Crippen molar-refractivity contribution in [3.8, 4) is 0 Å². The average Bonchev–Trinajstić information content (AvgIpc) is 3.13. The first kappa shape index (κ1) is 21.0. The van der Waals surface area contributed by atoms with Crippen molar-refractivity contribution in [3.63, 3.8) is 0 Å². The molecule has 1 aliphatic heterocycles. The number of quaternary nitrogens is 1. The van der Waals surface area contributed by atoms with Gasteiger partial charge in [-0.05, 0) is 17.5 Å². The Morgan fingerprint density at radius 3 is 2.65 bits per heavy atom. The van der Waals surface area contributed by atoms with E-state index in [1.807, 2.05) is 24.3 Å². The molecule has 3 aromatic rings. The van der Waals surface area contributed by atoms with Crippen LogP contribution in [-0.4, -0.2) is 72.3 Å². The predicted octanol–water partition coefficient (Wildman–Crippen LogP) is 2.03. The Kier molecular flexibility index (Phi) is 6.01. The Balaban J connectivity index is 1.37. The molecule has 31 heavy (non-hydrogen) atoms. The first-order valence-electron chi connectivity index (χ1n) is 10.5. The summed E-state index contributed by atoms with van der Waals surface area (Å²) in [5, 5.41) is 7.75. The molecule has 1 saturated heterocycles. The fourth-order valence-corrected chi connectivity index (χ4v) is 3.80. The highest BCUT2D eigenvalue weighted by Crippen LogP contribution is 2.17. The summed E-state index contributed by atoms with van der Waals surface area (Å²) in [5.41, 5.74) is 1.38. The zero-order chi connectivity index (χ0) is 21.8. The maximum Gasteiger partial charge on any atom is 0.274 e. The van der Waals surface area contributed by atoms with Crippen LogP contribution < -0.4 is 10.6 Å². The topological polar surface area (TPSA) is 85.2 Å². The van der Waals surface area contributed by atoms with Gasteiger partial charge >= 0.3 is 0 Å². The Hall–Kier alpha value is -3.23. The fourth-order valence-electron chi connectivity index (χ4n) is 3.80. The van der Waals surface area contributed by atoms with E-state index in [1.165, 1.54) is 0 Å². The Morgan fingerprint density at radius 1 is 1.13 bits per heavy atom. The van der Waals surface area contributed by atoms with Crippen molar-refractivity contribution < 1.29 is 18.8 Å². The lowest BCUT2D eigenvalue weighted by molar-refractivity contribution is -0.915. The predicted molar refractivity (Wildman–Crippen MR) is 119 cm³/mol. The van der Waals surface area contributed by atoms with Gasteiger partial charge in [-0.15, -0.1) is 0 Å². The van der Waals surface area contributed by atoms with Gasteiger partial charge in [0.15, 0.2) is 0 Å². The number of rotatable bonds is 6. The molecule has 2 N–H and O–H groups in total. The molecule has 0 saturated carbocycles. The molecule has 1 fully saturated rings. The number of likely N-dealkylation sites (N-methyl/N-ethyl adjacent to an activating group) is 1. The number of carbonyl (C=O) groups is 2. The molecule has 8 heteroatoms. The standard InChI is InChI=1S/C23H27N5O3/c1-27-16-19(26-22(29)20-13-17-5-3-4-6-18(17)15-25-20)14-21(27)23(30)24-7-8-28(2)9-11-31-12-10-28/h3-6,13-16H,7-12H2,1-2H3,(H-,24,26,29,30)/p+1. The van der Waals surface area contributed by atoms with Gasteiger partial charge in [-0.1, -0.05) is 24.3 Å². The number of nitrogens with one attached hydrogen (secondary N) is 2. The molecule has 3 heterocycles. The number of nitrogens with zero attached hydrogens (tertiary/aromatic N) is 3. The summed E-state index contributed by atoms with van der Waals surface area (Å²) in [7, 11) is 3.97.